The van der Waals surface area contributed by atoms with Gasteiger partial charge in [0.15, 0.2) is 0 Å². The second-order valence-electron chi connectivity index (χ2n) is 9.22. The molecule has 0 saturated heterocycles. The highest BCUT2D eigenvalue weighted by Crippen LogP contribution is 2.39. The summed E-state index contributed by atoms with van der Waals surface area (Å²) in [6.07, 6.45) is 17.5. The molecule has 0 aliphatic heterocycles. The zero-order valence-electron chi connectivity index (χ0n) is 23.3. The van der Waals surface area contributed by atoms with Gasteiger partial charge in [-0.15, -0.1) is 0 Å². The highest BCUT2D eigenvalue weighted by atomic mass is 14.2. The van der Waals surface area contributed by atoms with Crippen LogP contribution >= 0.6 is 0 Å². The maximum atomic E-state index is 2.43. The molecule has 1 unspecified atom stereocenters. The first kappa shape index (κ1) is 27.1. The van der Waals surface area contributed by atoms with Crippen molar-refractivity contribution in [3.8, 4) is 0 Å². The molecular weight excluding hydrogens is 456 g/mol. The van der Waals surface area contributed by atoms with Gasteiger partial charge in [-0.3, -0.25) is 0 Å². The van der Waals surface area contributed by atoms with E-state index < -0.39 is 0 Å². The second-order valence-corrected chi connectivity index (χ2v) is 9.22. The van der Waals surface area contributed by atoms with Crippen molar-refractivity contribution < 1.29 is 0 Å². The fourth-order valence-corrected chi connectivity index (χ4v) is 5.42. The van der Waals surface area contributed by atoms with Crippen molar-refractivity contribution in [2.75, 3.05) is 0 Å². The fraction of sp³-hybridized carbons (Fsp3) is 0.211. The summed E-state index contributed by atoms with van der Waals surface area (Å²) < 4.78 is 0. The van der Waals surface area contributed by atoms with Crippen LogP contribution in [-0.2, 0) is 6.42 Å². The lowest BCUT2D eigenvalue weighted by Crippen LogP contribution is -2.07. The Balaban J connectivity index is 0.000000804. The molecule has 0 saturated carbocycles. The van der Waals surface area contributed by atoms with Crippen LogP contribution in [0.2, 0.25) is 0 Å². The van der Waals surface area contributed by atoms with Gasteiger partial charge in [0.25, 0.3) is 0 Å². The van der Waals surface area contributed by atoms with E-state index in [-0.39, 0.29) is 0 Å². The largest absolute Gasteiger partial charge is 0.0836 e. The minimum absolute atomic E-state index is 0.417. The smallest absolute Gasteiger partial charge is 0.00652 e. The van der Waals surface area contributed by atoms with E-state index in [0.29, 0.717) is 5.92 Å². The molecule has 0 bridgehead atoms. The third kappa shape index (κ3) is 5.97. The van der Waals surface area contributed by atoms with E-state index in [1.165, 1.54) is 49.7 Å². The van der Waals surface area contributed by atoms with Gasteiger partial charge in [0.05, 0.1) is 0 Å². The van der Waals surface area contributed by atoms with Crippen molar-refractivity contribution in [2.24, 2.45) is 0 Å². The van der Waals surface area contributed by atoms with Gasteiger partial charge < -0.3 is 0 Å². The molecule has 6 rings (SSSR count). The van der Waals surface area contributed by atoms with Gasteiger partial charge in [0.1, 0.15) is 0 Å². The summed E-state index contributed by atoms with van der Waals surface area (Å²) in [5.41, 5.74) is 9.52. The normalized spacial score (nSPS) is 15.3. The topological polar surface area (TPSA) is 0 Å². The van der Waals surface area contributed by atoms with Crippen molar-refractivity contribution >= 4 is 22.4 Å². The van der Waals surface area contributed by atoms with Crippen LogP contribution in [0.4, 0.5) is 0 Å². The Labute approximate surface area is 229 Å². The van der Waals surface area contributed by atoms with Crippen LogP contribution in [0.3, 0.4) is 0 Å². The number of fused-ring (bicyclic) bond motifs is 2. The van der Waals surface area contributed by atoms with Crippen LogP contribution in [0.15, 0.2) is 127 Å². The predicted molar refractivity (Wildman–Crippen MR) is 169 cm³/mol. The molecule has 0 heteroatoms. The molecule has 4 aromatic carbocycles. The minimum Gasteiger partial charge on any atom is -0.0836 e. The van der Waals surface area contributed by atoms with Crippen LogP contribution < -0.4 is 0 Å². The lowest BCUT2D eigenvalue weighted by Gasteiger charge is -2.25. The first-order valence-corrected chi connectivity index (χ1v) is 14.3. The summed E-state index contributed by atoms with van der Waals surface area (Å²) in [7, 11) is 0. The predicted octanol–water partition coefficient (Wildman–Crippen LogP) is 11.0. The van der Waals surface area contributed by atoms with Gasteiger partial charge in [0.2, 0.25) is 0 Å². The quantitative estimate of drug-likeness (QED) is 0.263. The van der Waals surface area contributed by atoms with E-state index >= 15 is 0 Å². The highest BCUT2D eigenvalue weighted by Gasteiger charge is 2.21. The van der Waals surface area contributed by atoms with Crippen molar-refractivity contribution in [1.29, 1.82) is 0 Å². The SMILES string of the molecule is C1=Cc2cc3ccccc3c(C3C=CC(C=C(c4ccccc4)c4ccccc4)=CC3)c2CC1.CC.CC. The molecular formula is C38H40. The zero-order chi connectivity index (χ0) is 26.7. The molecule has 0 fully saturated rings. The maximum absolute atomic E-state index is 2.43. The molecule has 38 heavy (non-hydrogen) atoms. The number of allylic oxidation sites excluding steroid dienone is 6. The second kappa shape index (κ2) is 13.6. The van der Waals surface area contributed by atoms with E-state index in [1.54, 1.807) is 0 Å². The molecule has 0 heterocycles. The molecule has 2 aliphatic rings. The van der Waals surface area contributed by atoms with Gasteiger partial charge in [-0.05, 0) is 81.1 Å². The molecule has 0 N–H and O–H groups in total. The third-order valence-electron chi connectivity index (χ3n) is 7.07. The molecule has 0 nitrogen and oxygen atoms in total. The van der Waals surface area contributed by atoms with Crippen LogP contribution in [0.25, 0.3) is 22.4 Å². The Bertz CT molecular complexity index is 1400. The number of hydrogen-bond acceptors (Lipinski definition) is 0. The Morgan fingerprint density at radius 1 is 0.737 bits per heavy atom. The number of hydrogen-bond donors (Lipinski definition) is 0. The average Bonchev–Trinajstić information content (AvgIpc) is 3.02. The summed E-state index contributed by atoms with van der Waals surface area (Å²) >= 11 is 0. The first-order chi connectivity index (χ1) is 18.9. The van der Waals surface area contributed by atoms with Crippen LogP contribution in [0.5, 0.6) is 0 Å². The molecule has 4 aromatic rings. The Morgan fingerprint density at radius 2 is 1.37 bits per heavy atom. The Kier molecular flexibility index (Phi) is 9.71. The lowest BCUT2D eigenvalue weighted by molar-refractivity contribution is 0.827. The minimum atomic E-state index is 0.417. The summed E-state index contributed by atoms with van der Waals surface area (Å²) in [5, 5.41) is 2.76. The van der Waals surface area contributed by atoms with E-state index in [9.17, 15) is 0 Å². The average molecular weight is 497 g/mol. The fourth-order valence-electron chi connectivity index (χ4n) is 5.42. The van der Waals surface area contributed by atoms with Crippen molar-refractivity contribution in [1.82, 2.24) is 0 Å². The Morgan fingerprint density at radius 3 is 2.00 bits per heavy atom. The summed E-state index contributed by atoms with van der Waals surface area (Å²) in [6, 6.07) is 32.7. The molecule has 0 aromatic heterocycles. The third-order valence-corrected chi connectivity index (χ3v) is 7.07. The van der Waals surface area contributed by atoms with Crippen LogP contribution in [0.1, 0.15) is 74.3 Å². The van der Waals surface area contributed by atoms with Crippen LogP contribution in [-0.4, -0.2) is 0 Å². The number of rotatable bonds is 4. The molecule has 0 amide bonds. The number of benzene rings is 4. The summed E-state index contributed by atoms with van der Waals surface area (Å²) in [4.78, 5) is 0. The zero-order valence-corrected chi connectivity index (χ0v) is 23.3. The van der Waals surface area contributed by atoms with Crippen LogP contribution in [0, 0.1) is 0 Å². The van der Waals surface area contributed by atoms with Gasteiger partial charge in [-0.1, -0.05) is 143 Å². The van der Waals surface area contributed by atoms with Gasteiger partial charge in [-0.2, -0.15) is 0 Å². The maximum Gasteiger partial charge on any atom is 0.00652 e. The lowest BCUT2D eigenvalue weighted by atomic mass is 9.79. The van der Waals surface area contributed by atoms with Crippen molar-refractivity contribution in [3.63, 3.8) is 0 Å². The van der Waals surface area contributed by atoms with Gasteiger partial charge in [-0.25, -0.2) is 0 Å². The van der Waals surface area contributed by atoms with Crippen molar-refractivity contribution in [2.45, 2.75) is 52.9 Å². The van der Waals surface area contributed by atoms with Gasteiger partial charge in [0, 0.05) is 5.92 Å². The highest BCUT2D eigenvalue weighted by molar-refractivity contribution is 5.91. The van der Waals surface area contributed by atoms with Crippen molar-refractivity contribution in [3.05, 3.63) is 155 Å². The summed E-state index contributed by atoms with van der Waals surface area (Å²) in [5.74, 6) is 0.417. The van der Waals surface area contributed by atoms with E-state index in [0.717, 1.165) is 19.3 Å². The molecule has 0 spiro atoms. The van der Waals surface area contributed by atoms with Gasteiger partial charge >= 0.3 is 0 Å². The van der Waals surface area contributed by atoms with E-state index in [1.807, 2.05) is 27.7 Å². The van der Waals surface area contributed by atoms with E-state index in [2.05, 4.69) is 127 Å². The Hall–Kier alpha value is -3.90. The first-order valence-electron chi connectivity index (χ1n) is 14.3. The molecule has 2 aliphatic carbocycles. The molecule has 192 valence electrons. The molecule has 0 radical (unpaired) electrons. The summed E-state index contributed by atoms with van der Waals surface area (Å²) in [6.45, 7) is 8.00. The van der Waals surface area contributed by atoms with E-state index in [4.69, 9.17) is 0 Å². The monoisotopic (exact) mass is 496 g/mol. The standard InChI is InChI=1S/C34H28.2C2H6/c1-3-11-26(12-4-1)33(27-13-5-2-6-14-27)23-25-19-21-28(22-20-25)34-31-17-9-7-15-29(31)24-30-16-8-10-18-32(30)34;2*1-2/h1-9,11-17,19-21,23-24,28H,10,18,22H2;2*1-2H3. The molecule has 1 atom stereocenters.